The van der Waals surface area contributed by atoms with E-state index in [0.29, 0.717) is 10.6 Å². The van der Waals surface area contributed by atoms with E-state index in [0.717, 1.165) is 34.8 Å². The van der Waals surface area contributed by atoms with Gasteiger partial charge < -0.3 is 44.2 Å². The van der Waals surface area contributed by atoms with Gasteiger partial charge in [0.25, 0.3) is 11.7 Å². The molecular formula is C28H35ClN2O14. The molecule has 1 aromatic rings. The first kappa shape index (κ1) is 36.9. The predicted molar refractivity (Wildman–Crippen MR) is 150 cm³/mol. The largest absolute Gasteiger partial charge is 0.465 e. The van der Waals surface area contributed by atoms with Crippen LogP contribution in [0, 0.1) is 0 Å². The number of amides is 2. The Kier molecular flexibility index (Phi) is 13.7. The predicted octanol–water partition coefficient (Wildman–Crippen LogP) is -0.508. The molecule has 3 N–H and O–H groups in total. The third-order valence-corrected chi connectivity index (χ3v) is 6.46. The van der Waals surface area contributed by atoms with Gasteiger partial charge in [-0.2, -0.15) is 0 Å². The van der Waals surface area contributed by atoms with E-state index in [1.54, 1.807) is 24.3 Å². The topological polar surface area (TPSA) is 219 Å². The molecule has 0 spiro atoms. The van der Waals surface area contributed by atoms with Gasteiger partial charge in [0.2, 0.25) is 5.91 Å². The highest BCUT2D eigenvalue weighted by atomic mass is 35.5. The average Bonchev–Trinajstić information content (AvgIpc) is 2.94. The number of halogens is 1. The van der Waals surface area contributed by atoms with Gasteiger partial charge in [-0.25, -0.2) is 4.79 Å². The number of carbonyl (C=O) groups is 7. The first-order valence-corrected chi connectivity index (χ1v) is 13.9. The van der Waals surface area contributed by atoms with Crippen LogP contribution in [0.2, 0.25) is 5.02 Å². The maximum Gasteiger partial charge on any atom is 0.366 e. The van der Waals surface area contributed by atoms with E-state index in [9.17, 15) is 38.7 Å². The standard InChI is InChI=1S/C28H35ClN2O14/c1-14(32)41-13-23(37)31-24-20(42-15(2)33)11-28(39,27(38)40-5)45-26(24)25(44-17(4)35)21(43-16(3)34)12-30-22(36)10-18-6-8-19(29)9-7-18/h6-9,20-21,24-26,39H,10-13H2,1-5H3,(H,30,36)(H,31,37)/t20-,21+,24+,25+,26+,28-/m0/s1. The maximum absolute atomic E-state index is 12.8. The lowest BCUT2D eigenvalue weighted by atomic mass is 9.88. The van der Waals surface area contributed by atoms with Gasteiger partial charge in [-0.1, -0.05) is 23.7 Å². The van der Waals surface area contributed by atoms with Crippen LogP contribution in [0.4, 0.5) is 0 Å². The molecule has 1 aliphatic heterocycles. The molecule has 0 unspecified atom stereocenters. The molecule has 2 amide bonds. The maximum atomic E-state index is 12.8. The zero-order chi connectivity index (χ0) is 33.9. The Balaban J connectivity index is 2.54. The Bertz CT molecular complexity index is 1270. The lowest BCUT2D eigenvalue weighted by Gasteiger charge is -2.47. The van der Waals surface area contributed by atoms with E-state index in [2.05, 4.69) is 15.4 Å². The number of esters is 5. The third kappa shape index (κ3) is 11.6. The van der Waals surface area contributed by atoms with Crippen LogP contribution in [0.15, 0.2) is 24.3 Å². The van der Waals surface area contributed by atoms with Gasteiger partial charge in [0.1, 0.15) is 12.2 Å². The molecule has 17 heteroatoms. The number of carbonyl (C=O) groups excluding carboxylic acids is 7. The number of hydrogen-bond acceptors (Lipinski definition) is 14. The number of hydrogen-bond donors (Lipinski definition) is 3. The first-order chi connectivity index (χ1) is 21.0. The highest BCUT2D eigenvalue weighted by Gasteiger charge is 2.57. The Morgan fingerprint density at radius 3 is 2.11 bits per heavy atom. The summed E-state index contributed by atoms with van der Waals surface area (Å²) in [5.41, 5.74) is 0.594. The van der Waals surface area contributed by atoms with E-state index >= 15 is 0 Å². The number of benzene rings is 1. The van der Waals surface area contributed by atoms with Gasteiger partial charge in [0, 0.05) is 32.7 Å². The number of ether oxygens (including phenoxy) is 6. The SMILES string of the molecule is COC(=O)[C@]1(O)C[C@H](OC(C)=O)[C@@H](NC(=O)COC(C)=O)[C@H]([C@H](OC(C)=O)[C@@H](CNC(=O)Cc2ccc(Cl)cc2)OC(C)=O)O1. The molecule has 1 saturated heterocycles. The van der Waals surface area contributed by atoms with Crippen LogP contribution < -0.4 is 10.6 Å². The second-order valence-corrected chi connectivity index (χ2v) is 10.3. The Morgan fingerprint density at radius 2 is 1.58 bits per heavy atom. The summed E-state index contributed by atoms with van der Waals surface area (Å²) in [6.45, 7) is 2.80. The number of nitrogens with one attached hydrogen (secondary N) is 2. The van der Waals surface area contributed by atoms with Crippen LogP contribution in [0.1, 0.15) is 39.7 Å². The highest BCUT2D eigenvalue weighted by molar-refractivity contribution is 6.30. The van der Waals surface area contributed by atoms with Gasteiger partial charge in [-0.05, 0) is 17.7 Å². The Labute approximate surface area is 262 Å². The fraction of sp³-hybridized carbons (Fsp3) is 0.536. The number of methoxy groups -OCH3 is 1. The van der Waals surface area contributed by atoms with Crippen LogP contribution in [0.5, 0.6) is 0 Å². The molecule has 6 atom stereocenters. The van der Waals surface area contributed by atoms with Crippen molar-refractivity contribution in [3.05, 3.63) is 34.9 Å². The molecule has 0 bridgehead atoms. The normalized spacial score (nSPS) is 22.1. The summed E-state index contributed by atoms with van der Waals surface area (Å²) in [6, 6.07) is 4.89. The van der Waals surface area contributed by atoms with Crippen molar-refractivity contribution in [1.82, 2.24) is 10.6 Å². The van der Waals surface area contributed by atoms with Crippen molar-refractivity contribution in [1.29, 1.82) is 0 Å². The van der Waals surface area contributed by atoms with Crippen molar-refractivity contribution >= 4 is 53.3 Å². The Hall–Kier alpha value is -4.28. The van der Waals surface area contributed by atoms with E-state index in [-0.39, 0.29) is 6.42 Å². The van der Waals surface area contributed by atoms with Gasteiger partial charge >= 0.3 is 29.8 Å². The van der Waals surface area contributed by atoms with Crippen LogP contribution in [-0.4, -0.2) is 103 Å². The number of aliphatic hydroxyl groups is 1. The molecule has 1 aliphatic rings. The van der Waals surface area contributed by atoms with Crippen molar-refractivity contribution in [2.45, 2.75) is 76.8 Å². The summed E-state index contributed by atoms with van der Waals surface area (Å²) < 4.78 is 31.2. The monoisotopic (exact) mass is 658 g/mol. The smallest absolute Gasteiger partial charge is 0.366 e. The van der Waals surface area contributed by atoms with E-state index < -0.39 is 97.5 Å². The minimum absolute atomic E-state index is 0.117. The van der Waals surface area contributed by atoms with Crippen molar-refractivity contribution in [3.63, 3.8) is 0 Å². The molecule has 1 fully saturated rings. The summed E-state index contributed by atoms with van der Waals surface area (Å²) in [5, 5.41) is 16.6. The van der Waals surface area contributed by atoms with Gasteiger partial charge in [0.05, 0.1) is 32.5 Å². The van der Waals surface area contributed by atoms with Crippen LogP contribution in [-0.2, 0) is 68.4 Å². The second kappa shape index (κ2) is 16.7. The van der Waals surface area contributed by atoms with Crippen molar-refractivity contribution in [2.75, 3.05) is 20.3 Å². The van der Waals surface area contributed by atoms with E-state index in [4.69, 9.17) is 35.3 Å². The number of rotatable bonds is 13. The lowest BCUT2D eigenvalue weighted by Crippen LogP contribution is -2.69. The summed E-state index contributed by atoms with van der Waals surface area (Å²) in [5.74, 6) is -9.20. The quantitative estimate of drug-likeness (QED) is 0.180. The first-order valence-electron chi connectivity index (χ1n) is 13.5. The van der Waals surface area contributed by atoms with Crippen molar-refractivity contribution < 1.29 is 67.1 Å². The lowest BCUT2D eigenvalue weighted by molar-refractivity contribution is -0.298. The second-order valence-electron chi connectivity index (χ2n) is 9.91. The molecule has 248 valence electrons. The molecule has 45 heavy (non-hydrogen) atoms. The minimum atomic E-state index is -2.83. The molecule has 0 aliphatic carbocycles. The molecule has 0 radical (unpaired) electrons. The zero-order valence-corrected chi connectivity index (χ0v) is 25.9. The molecule has 0 saturated carbocycles. The van der Waals surface area contributed by atoms with Crippen molar-refractivity contribution in [3.8, 4) is 0 Å². The molecule has 2 rings (SSSR count). The zero-order valence-electron chi connectivity index (χ0n) is 25.2. The molecule has 1 heterocycles. The third-order valence-electron chi connectivity index (χ3n) is 6.21. The molecule has 16 nitrogen and oxygen atoms in total. The van der Waals surface area contributed by atoms with Gasteiger partial charge in [-0.3, -0.25) is 28.8 Å². The van der Waals surface area contributed by atoms with Crippen LogP contribution >= 0.6 is 11.6 Å². The molecular weight excluding hydrogens is 624 g/mol. The average molecular weight is 659 g/mol. The molecule has 1 aromatic carbocycles. The van der Waals surface area contributed by atoms with Crippen molar-refractivity contribution in [2.24, 2.45) is 0 Å². The highest BCUT2D eigenvalue weighted by Crippen LogP contribution is 2.34. The fourth-order valence-electron chi connectivity index (χ4n) is 4.47. The van der Waals surface area contributed by atoms with E-state index in [1.807, 2.05) is 0 Å². The van der Waals surface area contributed by atoms with Gasteiger partial charge in [-0.15, -0.1) is 0 Å². The Morgan fingerprint density at radius 1 is 0.956 bits per heavy atom. The minimum Gasteiger partial charge on any atom is -0.465 e. The summed E-state index contributed by atoms with van der Waals surface area (Å²) in [6.07, 6.45) is -7.56. The summed E-state index contributed by atoms with van der Waals surface area (Å²) >= 11 is 5.89. The van der Waals surface area contributed by atoms with Gasteiger partial charge in [0.15, 0.2) is 18.8 Å². The van der Waals surface area contributed by atoms with Crippen LogP contribution in [0.25, 0.3) is 0 Å². The molecule has 0 aromatic heterocycles. The van der Waals surface area contributed by atoms with E-state index in [1.165, 1.54) is 0 Å². The summed E-state index contributed by atoms with van der Waals surface area (Å²) in [7, 11) is 0.938. The van der Waals surface area contributed by atoms with Crippen LogP contribution in [0.3, 0.4) is 0 Å². The fourth-order valence-corrected chi connectivity index (χ4v) is 4.59. The summed E-state index contributed by atoms with van der Waals surface area (Å²) in [4.78, 5) is 85.9.